The zero-order chi connectivity index (χ0) is 12.1. The van der Waals surface area contributed by atoms with Crippen LogP contribution in [0.2, 0.25) is 0 Å². The molecule has 0 amide bonds. The highest BCUT2D eigenvalue weighted by Gasteiger charge is 2.04. The lowest BCUT2D eigenvalue weighted by atomic mass is 10.3. The molecule has 0 bridgehead atoms. The van der Waals surface area contributed by atoms with Gasteiger partial charge in [0.2, 0.25) is 0 Å². The summed E-state index contributed by atoms with van der Waals surface area (Å²) in [5.41, 5.74) is 7.94. The van der Waals surface area contributed by atoms with Gasteiger partial charge in [0, 0.05) is 18.3 Å². The number of aromatic nitrogens is 1. The average molecular weight is 251 g/mol. The standard InChI is InChI=1S/C12H17N3OS/c1-2-17-7-3-6-14-12-15-10-5-4-9(13)8-11(10)16-12/h4-5,8H,2-3,6-7,13H2,1H3,(H,14,15). The second-order valence-corrected chi connectivity index (χ2v) is 5.12. The summed E-state index contributed by atoms with van der Waals surface area (Å²) in [5.74, 6) is 2.33. The van der Waals surface area contributed by atoms with E-state index in [2.05, 4.69) is 17.2 Å². The normalized spacial score (nSPS) is 10.9. The highest BCUT2D eigenvalue weighted by Crippen LogP contribution is 2.20. The molecule has 0 unspecified atom stereocenters. The summed E-state index contributed by atoms with van der Waals surface area (Å²) in [6, 6.07) is 6.06. The second-order valence-electron chi connectivity index (χ2n) is 3.72. The quantitative estimate of drug-likeness (QED) is 0.610. The largest absolute Gasteiger partial charge is 0.423 e. The van der Waals surface area contributed by atoms with Gasteiger partial charge < -0.3 is 15.5 Å². The predicted octanol–water partition coefficient (Wildman–Crippen LogP) is 2.97. The zero-order valence-electron chi connectivity index (χ0n) is 9.90. The zero-order valence-corrected chi connectivity index (χ0v) is 10.7. The third kappa shape index (κ3) is 3.30. The van der Waals surface area contributed by atoms with Crippen LogP contribution in [0.4, 0.5) is 11.7 Å². The van der Waals surface area contributed by atoms with E-state index in [1.165, 1.54) is 5.75 Å². The van der Waals surface area contributed by atoms with Gasteiger partial charge >= 0.3 is 0 Å². The monoisotopic (exact) mass is 251 g/mol. The minimum Gasteiger partial charge on any atom is -0.423 e. The van der Waals surface area contributed by atoms with E-state index in [-0.39, 0.29) is 0 Å². The fourth-order valence-corrected chi connectivity index (χ4v) is 2.17. The number of oxazole rings is 1. The van der Waals surface area contributed by atoms with Gasteiger partial charge in [-0.3, -0.25) is 0 Å². The number of anilines is 2. The maximum absolute atomic E-state index is 5.68. The summed E-state index contributed by atoms with van der Waals surface area (Å²) in [7, 11) is 0. The minimum absolute atomic E-state index is 0.576. The van der Waals surface area contributed by atoms with Gasteiger partial charge in [0.05, 0.1) is 0 Å². The fraction of sp³-hybridized carbons (Fsp3) is 0.417. The molecule has 1 aromatic carbocycles. The molecule has 0 radical (unpaired) electrons. The van der Waals surface area contributed by atoms with E-state index >= 15 is 0 Å². The van der Waals surface area contributed by atoms with Crippen molar-refractivity contribution < 1.29 is 4.42 Å². The van der Waals surface area contributed by atoms with Crippen molar-refractivity contribution in [2.24, 2.45) is 0 Å². The lowest BCUT2D eigenvalue weighted by Gasteiger charge is -2.00. The van der Waals surface area contributed by atoms with Gasteiger partial charge in [0.25, 0.3) is 6.01 Å². The molecule has 5 heteroatoms. The highest BCUT2D eigenvalue weighted by molar-refractivity contribution is 7.99. The van der Waals surface area contributed by atoms with E-state index in [1.807, 2.05) is 23.9 Å². The van der Waals surface area contributed by atoms with Gasteiger partial charge in [-0.2, -0.15) is 16.7 Å². The molecule has 92 valence electrons. The second kappa shape index (κ2) is 5.82. The van der Waals surface area contributed by atoms with Crippen molar-refractivity contribution in [3.8, 4) is 0 Å². The number of nitrogen functional groups attached to an aromatic ring is 1. The van der Waals surface area contributed by atoms with E-state index in [4.69, 9.17) is 10.2 Å². The first kappa shape index (κ1) is 12.1. The first-order valence-corrected chi connectivity index (χ1v) is 6.92. The van der Waals surface area contributed by atoms with Gasteiger partial charge in [-0.25, -0.2) is 0 Å². The summed E-state index contributed by atoms with van der Waals surface area (Å²) in [6.45, 7) is 3.05. The smallest absolute Gasteiger partial charge is 0.295 e. The molecule has 2 aromatic rings. The van der Waals surface area contributed by atoms with E-state index < -0.39 is 0 Å². The summed E-state index contributed by atoms with van der Waals surface area (Å²) >= 11 is 1.94. The molecule has 0 aliphatic rings. The SMILES string of the molecule is CCSCCCNc1nc2ccc(N)cc2o1. The molecular formula is C12H17N3OS. The van der Waals surface area contributed by atoms with Gasteiger partial charge in [0.1, 0.15) is 5.52 Å². The number of nitrogens with one attached hydrogen (secondary N) is 1. The molecule has 17 heavy (non-hydrogen) atoms. The van der Waals surface area contributed by atoms with E-state index in [1.54, 1.807) is 6.07 Å². The lowest BCUT2D eigenvalue weighted by Crippen LogP contribution is -2.02. The molecule has 3 N–H and O–H groups in total. The van der Waals surface area contributed by atoms with Crippen LogP contribution in [-0.4, -0.2) is 23.0 Å². The molecule has 0 fully saturated rings. The molecule has 0 atom stereocenters. The number of thioether (sulfide) groups is 1. The molecule has 0 aliphatic carbocycles. The van der Waals surface area contributed by atoms with Crippen LogP contribution in [0.5, 0.6) is 0 Å². The van der Waals surface area contributed by atoms with Crippen LogP contribution in [0, 0.1) is 0 Å². The Morgan fingerprint density at radius 3 is 3.18 bits per heavy atom. The molecule has 0 saturated heterocycles. The van der Waals surface area contributed by atoms with Crippen molar-refractivity contribution in [2.45, 2.75) is 13.3 Å². The van der Waals surface area contributed by atoms with Gasteiger partial charge in [0.15, 0.2) is 5.58 Å². The fourth-order valence-electron chi connectivity index (χ4n) is 1.53. The third-order valence-electron chi connectivity index (χ3n) is 2.36. The summed E-state index contributed by atoms with van der Waals surface area (Å²) in [6.07, 6.45) is 1.11. The maximum Gasteiger partial charge on any atom is 0.295 e. The molecule has 4 nitrogen and oxygen atoms in total. The Morgan fingerprint density at radius 2 is 2.35 bits per heavy atom. The van der Waals surface area contributed by atoms with Crippen LogP contribution in [0.15, 0.2) is 22.6 Å². The van der Waals surface area contributed by atoms with Crippen molar-refractivity contribution in [1.29, 1.82) is 0 Å². The number of hydrogen-bond acceptors (Lipinski definition) is 5. The van der Waals surface area contributed by atoms with Crippen LogP contribution in [0.25, 0.3) is 11.1 Å². The number of benzene rings is 1. The van der Waals surface area contributed by atoms with Crippen LogP contribution in [-0.2, 0) is 0 Å². The Kier molecular flexibility index (Phi) is 4.14. The third-order valence-corrected chi connectivity index (χ3v) is 3.34. The predicted molar refractivity (Wildman–Crippen MR) is 74.5 cm³/mol. The molecule has 0 saturated carbocycles. The number of fused-ring (bicyclic) bond motifs is 1. The Bertz CT molecular complexity index is 484. The summed E-state index contributed by atoms with van der Waals surface area (Å²) in [4.78, 5) is 4.33. The molecule has 0 aliphatic heterocycles. The van der Waals surface area contributed by atoms with Gasteiger partial charge in [-0.1, -0.05) is 6.92 Å². The van der Waals surface area contributed by atoms with Gasteiger partial charge in [-0.05, 0) is 30.1 Å². The maximum atomic E-state index is 5.68. The number of rotatable bonds is 6. The minimum atomic E-state index is 0.576. The molecule has 2 rings (SSSR count). The lowest BCUT2D eigenvalue weighted by molar-refractivity contribution is 0.614. The molecule has 0 spiro atoms. The summed E-state index contributed by atoms with van der Waals surface area (Å²) < 4.78 is 5.55. The van der Waals surface area contributed by atoms with Crippen molar-refractivity contribution in [2.75, 3.05) is 29.1 Å². The molecular weight excluding hydrogens is 234 g/mol. The Balaban J connectivity index is 1.91. The summed E-state index contributed by atoms with van der Waals surface area (Å²) in [5, 5.41) is 3.18. The first-order chi connectivity index (χ1) is 8.29. The van der Waals surface area contributed by atoms with Gasteiger partial charge in [-0.15, -0.1) is 0 Å². The van der Waals surface area contributed by atoms with Crippen LogP contribution in [0.1, 0.15) is 13.3 Å². The Morgan fingerprint density at radius 1 is 1.47 bits per heavy atom. The van der Waals surface area contributed by atoms with Crippen molar-refractivity contribution in [3.63, 3.8) is 0 Å². The molecule has 1 aromatic heterocycles. The number of hydrogen-bond donors (Lipinski definition) is 2. The van der Waals surface area contributed by atoms with E-state index in [9.17, 15) is 0 Å². The van der Waals surface area contributed by atoms with Crippen LogP contribution < -0.4 is 11.1 Å². The van der Waals surface area contributed by atoms with Crippen molar-refractivity contribution >= 4 is 34.6 Å². The van der Waals surface area contributed by atoms with Crippen LogP contribution in [0.3, 0.4) is 0 Å². The van der Waals surface area contributed by atoms with Crippen LogP contribution >= 0.6 is 11.8 Å². The average Bonchev–Trinajstić information content (AvgIpc) is 2.70. The van der Waals surface area contributed by atoms with E-state index in [0.29, 0.717) is 11.7 Å². The number of nitrogens with zero attached hydrogens (tertiary/aromatic N) is 1. The van der Waals surface area contributed by atoms with Crippen molar-refractivity contribution in [1.82, 2.24) is 4.98 Å². The first-order valence-electron chi connectivity index (χ1n) is 5.77. The number of nitrogens with two attached hydrogens (primary N) is 1. The van der Waals surface area contributed by atoms with E-state index in [0.717, 1.165) is 29.8 Å². The Labute approximate surface area is 105 Å². The topological polar surface area (TPSA) is 64.1 Å². The Hall–Kier alpha value is -1.36. The highest BCUT2D eigenvalue weighted by atomic mass is 32.2. The molecule has 1 heterocycles. The van der Waals surface area contributed by atoms with Crippen molar-refractivity contribution in [3.05, 3.63) is 18.2 Å².